The van der Waals surface area contributed by atoms with Crippen LogP contribution < -0.4 is 14.8 Å². The molecule has 1 aromatic rings. The zero-order valence-corrected chi connectivity index (χ0v) is 13.6. The Bertz CT molecular complexity index is 680. The lowest BCUT2D eigenvalue weighted by Crippen LogP contribution is -2.49. The largest absolute Gasteiger partial charge is 0.454 e. The van der Waals surface area contributed by atoms with E-state index in [1.807, 2.05) is 25.1 Å². The third-order valence-corrected chi connectivity index (χ3v) is 6.16. The minimum atomic E-state index is -0.367. The van der Waals surface area contributed by atoms with E-state index in [9.17, 15) is 9.59 Å². The lowest BCUT2D eigenvalue weighted by atomic mass is 10.2. The summed E-state index contributed by atoms with van der Waals surface area (Å²) in [4.78, 5) is 26.1. The Morgan fingerprint density at radius 2 is 2.26 bits per heavy atom. The highest BCUT2D eigenvalue weighted by atomic mass is 32.2. The van der Waals surface area contributed by atoms with Gasteiger partial charge in [0, 0.05) is 18.7 Å². The summed E-state index contributed by atoms with van der Waals surface area (Å²) in [5.41, 5.74) is 0.948. The third kappa shape index (κ3) is 2.43. The van der Waals surface area contributed by atoms with Crippen molar-refractivity contribution in [3.05, 3.63) is 23.8 Å². The quantitative estimate of drug-likeness (QED) is 0.907. The molecular weight excluding hydrogens is 316 g/mol. The van der Waals surface area contributed by atoms with E-state index in [2.05, 4.69) is 5.32 Å². The predicted octanol–water partition coefficient (Wildman–Crippen LogP) is 1.49. The van der Waals surface area contributed by atoms with Crippen LogP contribution in [0.15, 0.2) is 18.2 Å². The molecule has 2 atom stereocenters. The van der Waals surface area contributed by atoms with Gasteiger partial charge in [-0.15, -0.1) is 11.8 Å². The Hall–Kier alpha value is -1.89. The second-order valence-electron chi connectivity index (χ2n) is 6.17. The summed E-state index contributed by atoms with van der Waals surface area (Å²) >= 11 is 1.70. The van der Waals surface area contributed by atoms with Crippen molar-refractivity contribution >= 4 is 23.6 Å². The lowest BCUT2D eigenvalue weighted by molar-refractivity contribution is -0.138. The van der Waals surface area contributed by atoms with Crippen molar-refractivity contribution in [1.82, 2.24) is 10.2 Å². The number of rotatable bonds is 3. The van der Waals surface area contributed by atoms with E-state index in [0.717, 1.165) is 17.7 Å². The number of hydrogen-bond donors (Lipinski definition) is 1. The smallest absolute Gasteiger partial charge is 0.243 e. The molecule has 0 unspecified atom stereocenters. The van der Waals surface area contributed by atoms with Crippen molar-refractivity contribution in [1.29, 1.82) is 0 Å². The van der Waals surface area contributed by atoms with Gasteiger partial charge in [-0.05, 0) is 31.0 Å². The Kier molecular flexibility index (Phi) is 3.41. The number of thioether (sulfide) groups is 1. The van der Waals surface area contributed by atoms with Gasteiger partial charge in [0.05, 0.1) is 4.87 Å². The first-order valence-corrected chi connectivity index (χ1v) is 8.68. The van der Waals surface area contributed by atoms with Crippen LogP contribution in [0.1, 0.15) is 25.3 Å². The molecule has 0 saturated carbocycles. The number of fused-ring (bicyclic) bond motifs is 2. The highest BCUT2D eigenvalue weighted by Crippen LogP contribution is 2.47. The topological polar surface area (TPSA) is 67.9 Å². The maximum absolute atomic E-state index is 12.5. The summed E-state index contributed by atoms with van der Waals surface area (Å²) in [6, 6.07) is 5.25. The van der Waals surface area contributed by atoms with Gasteiger partial charge in [-0.3, -0.25) is 9.59 Å². The van der Waals surface area contributed by atoms with Crippen LogP contribution in [-0.2, 0) is 16.1 Å². The molecule has 0 spiro atoms. The van der Waals surface area contributed by atoms with E-state index in [-0.39, 0.29) is 29.5 Å². The molecule has 122 valence electrons. The van der Waals surface area contributed by atoms with Crippen LogP contribution in [0.3, 0.4) is 0 Å². The molecule has 0 bridgehead atoms. The zero-order valence-electron chi connectivity index (χ0n) is 12.8. The number of ether oxygens (including phenoxy) is 2. The number of hydrogen-bond acceptors (Lipinski definition) is 5. The second-order valence-corrected chi connectivity index (χ2v) is 7.67. The molecule has 3 aliphatic heterocycles. The van der Waals surface area contributed by atoms with Crippen LogP contribution >= 0.6 is 11.8 Å². The van der Waals surface area contributed by atoms with Crippen molar-refractivity contribution in [3.63, 3.8) is 0 Å². The summed E-state index contributed by atoms with van der Waals surface area (Å²) in [5, 5.41) is 2.94. The van der Waals surface area contributed by atoms with E-state index in [4.69, 9.17) is 9.47 Å². The van der Waals surface area contributed by atoms with Gasteiger partial charge in [-0.2, -0.15) is 0 Å². The lowest BCUT2D eigenvalue weighted by Gasteiger charge is -2.29. The summed E-state index contributed by atoms with van der Waals surface area (Å²) in [7, 11) is 0. The van der Waals surface area contributed by atoms with Crippen LogP contribution in [0.25, 0.3) is 0 Å². The van der Waals surface area contributed by atoms with Crippen molar-refractivity contribution in [3.8, 4) is 11.5 Å². The fraction of sp³-hybridized carbons (Fsp3) is 0.500. The molecule has 23 heavy (non-hydrogen) atoms. The van der Waals surface area contributed by atoms with Crippen LogP contribution in [-0.4, -0.2) is 40.2 Å². The number of nitrogens with one attached hydrogen (secondary N) is 1. The van der Waals surface area contributed by atoms with Crippen molar-refractivity contribution in [2.75, 3.05) is 12.5 Å². The van der Waals surface area contributed by atoms with Gasteiger partial charge in [-0.1, -0.05) is 6.07 Å². The summed E-state index contributed by atoms with van der Waals surface area (Å²) in [6.07, 6.45) is 1.36. The monoisotopic (exact) mass is 334 g/mol. The number of benzene rings is 1. The minimum absolute atomic E-state index is 0.0840. The number of nitrogens with zero attached hydrogens (tertiary/aromatic N) is 1. The first-order chi connectivity index (χ1) is 11.1. The summed E-state index contributed by atoms with van der Waals surface area (Å²) < 4.78 is 10.6. The number of amides is 2. The van der Waals surface area contributed by atoms with Gasteiger partial charge >= 0.3 is 0 Å². The molecule has 3 aliphatic rings. The maximum Gasteiger partial charge on any atom is 0.243 e. The van der Waals surface area contributed by atoms with Crippen molar-refractivity contribution in [2.24, 2.45) is 0 Å². The molecule has 7 heteroatoms. The average Bonchev–Trinajstić information content (AvgIpc) is 3.20. The first kappa shape index (κ1) is 14.7. The molecule has 4 rings (SSSR count). The molecule has 6 nitrogen and oxygen atoms in total. The van der Waals surface area contributed by atoms with E-state index in [0.29, 0.717) is 24.5 Å². The Morgan fingerprint density at radius 1 is 1.43 bits per heavy atom. The molecule has 3 heterocycles. The van der Waals surface area contributed by atoms with E-state index in [1.54, 1.807) is 16.7 Å². The zero-order chi connectivity index (χ0) is 16.0. The van der Waals surface area contributed by atoms with E-state index in [1.165, 1.54) is 0 Å². The van der Waals surface area contributed by atoms with Crippen LogP contribution in [0.2, 0.25) is 0 Å². The Balaban J connectivity index is 1.42. The highest BCUT2D eigenvalue weighted by Gasteiger charge is 2.52. The van der Waals surface area contributed by atoms with Gasteiger partial charge in [0.2, 0.25) is 18.6 Å². The average molecular weight is 334 g/mol. The minimum Gasteiger partial charge on any atom is -0.454 e. The van der Waals surface area contributed by atoms with Crippen LogP contribution in [0, 0.1) is 0 Å². The molecular formula is C16H18N2O4S. The Morgan fingerprint density at radius 3 is 3.13 bits per heavy atom. The molecule has 1 aromatic carbocycles. The van der Waals surface area contributed by atoms with Gasteiger partial charge in [0.25, 0.3) is 0 Å². The van der Waals surface area contributed by atoms with Crippen LogP contribution in [0.4, 0.5) is 0 Å². The first-order valence-electron chi connectivity index (χ1n) is 7.69. The van der Waals surface area contributed by atoms with Crippen molar-refractivity contribution < 1.29 is 19.1 Å². The molecule has 0 aliphatic carbocycles. The third-order valence-electron chi connectivity index (χ3n) is 4.65. The fourth-order valence-corrected chi connectivity index (χ4v) is 4.80. The molecule has 2 amide bonds. The number of carbonyl (C=O) groups is 2. The normalized spacial score (nSPS) is 28.1. The van der Waals surface area contributed by atoms with Gasteiger partial charge in [0.15, 0.2) is 11.5 Å². The van der Waals surface area contributed by atoms with Gasteiger partial charge in [-0.25, -0.2) is 0 Å². The standard InChI is InChI=1S/C16H18N2O4S/c1-16-5-4-14(19)18(16)11(8-23-16)15(20)17-7-10-2-3-12-13(6-10)22-9-21-12/h2-3,6,11H,4-5,7-9H2,1H3,(H,17,20)/t11-,16-/m1/s1. The molecule has 0 aromatic heterocycles. The summed E-state index contributed by atoms with van der Waals surface area (Å²) in [6.45, 7) is 2.70. The fourth-order valence-electron chi connectivity index (χ4n) is 3.37. The SMILES string of the molecule is C[C@@]12CCC(=O)N1[C@@H](C(=O)NCc1ccc3c(c1)OCO3)CS2. The molecule has 1 N–H and O–H groups in total. The summed E-state index contributed by atoms with van der Waals surface area (Å²) in [5.74, 6) is 2.09. The molecule has 2 saturated heterocycles. The van der Waals surface area contributed by atoms with E-state index >= 15 is 0 Å². The molecule has 2 fully saturated rings. The Labute approximate surface area is 138 Å². The van der Waals surface area contributed by atoms with Gasteiger partial charge in [0.1, 0.15) is 6.04 Å². The van der Waals surface area contributed by atoms with Gasteiger partial charge < -0.3 is 19.7 Å². The van der Waals surface area contributed by atoms with E-state index < -0.39 is 0 Å². The maximum atomic E-state index is 12.5. The predicted molar refractivity (Wildman–Crippen MR) is 85.1 cm³/mol. The second kappa shape index (κ2) is 5.33. The number of carbonyl (C=O) groups excluding carboxylic acids is 2. The van der Waals surface area contributed by atoms with Crippen molar-refractivity contribution in [2.45, 2.75) is 37.2 Å². The highest BCUT2D eigenvalue weighted by molar-refractivity contribution is 8.01. The molecule has 0 radical (unpaired) electrons. The van der Waals surface area contributed by atoms with Crippen LogP contribution in [0.5, 0.6) is 11.5 Å².